The van der Waals surface area contributed by atoms with Crippen molar-refractivity contribution in [1.82, 2.24) is 9.13 Å². The maximum Gasteiger partial charge on any atom is 0.0541 e. The SMILES string of the molecule is CC(C)(C)c1ccc(-n2c3ccccc3c3cc(/C=C/c4ccc5c(c4)C(C)(C)c4cc(/C=C/c6ccc7c(c6)c6ccccc6n7-c6ccccc6)ccc4-5)ccc32)cc1. The van der Waals surface area contributed by atoms with Crippen LogP contribution in [0.2, 0.25) is 0 Å². The van der Waals surface area contributed by atoms with Crippen LogP contribution >= 0.6 is 0 Å². The zero-order valence-electron chi connectivity index (χ0n) is 35.4. The fraction of sp³-hybridized carbons (Fsp3) is 0.119. The topological polar surface area (TPSA) is 9.86 Å². The fourth-order valence-electron chi connectivity index (χ4n) is 9.80. The van der Waals surface area contributed by atoms with Crippen LogP contribution in [0.15, 0.2) is 176 Å². The highest BCUT2D eigenvalue weighted by atomic mass is 15.0. The number of rotatable bonds is 6. The van der Waals surface area contributed by atoms with Crippen LogP contribution in [0.5, 0.6) is 0 Å². The first-order valence-corrected chi connectivity index (χ1v) is 21.5. The highest BCUT2D eigenvalue weighted by Crippen LogP contribution is 2.49. The van der Waals surface area contributed by atoms with Crippen molar-refractivity contribution in [2.75, 3.05) is 0 Å². The molecule has 0 unspecified atom stereocenters. The van der Waals surface area contributed by atoms with Crippen molar-refractivity contribution in [2.24, 2.45) is 0 Å². The number of hydrogen-bond donors (Lipinski definition) is 0. The molecule has 0 aliphatic heterocycles. The van der Waals surface area contributed by atoms with E-state index in [1.54, 1.807) is 0 Å². The number of fused-ring (bicyclic) bond motifs is 9. The van der Waals surface area contributed by atoms with E-state index in [1.807, 2.05) is 0 Å². The third-order valence-electron chi connectivity index (χ3n) is 13.1. The summed E-state index contributed by atoms with van der Waals surface area (Å²) in [6.45, 7) is 11.5. The van der Waals surface area contributed by atoms with E-state index < -0.39 is 0 Å². The van der Waals surface area contributed by atoms with Crippen LogP contribution in [0.25, 0.3) is 90.4 Å². The van der Waals surface area contributed by atoms with E-state index in [1.165, 1.54) is 105 Å². The summed E-state index contributed by atoms with van der Waals surface area (Å²) < 4.78 is 4.77. The maximum absolute atomic E-state index is 2.40. The Balaban J connectivity index is 0.871. The lowest BCUT2D eigenvalue weighted by atomic mass is 9.81. The second-order valence-electron chi connectivity index (χ2n) is 18.3. The largest absolute Gasteiger partial charge is 0.309 e. The lowest BCUT2D eigenvalue weighted by Crippen LogP contribution is -2.15. The summed E-state index contributed by atoms with van der Waals surface area (Å²) in [6, 6.07) is 64.9. The van der Waals surface area contributed by atoms with Crippen molar-refractivity contribution in [1.29, 1.82) is 0 Å². The Bertz CT molecular complexity index is 3400. The molecule has 2 heteroatoms. The van der Waals surface area contributed by atoms with Crippen molar-refractivity contribution < 1.29 is 0 Å². The van der Waals surface area contributed by atoms with E-state index in [-0.39, 0.29) is 10.8 Å². The van der Waals surface area contributed by atoms with Gasteiger partial charge in [-0.3, -0.25) is 0 Å². The lowest BCUT2D eigenvalue weighted by molar-refractivity contribution is 0.590. The zero-order valence-corrected chi connectivity index (χ0v) is 35.4. The molecule has 8 aromatic carbocycles. The molecule has 0 bridgehead atoms. The van der Waals surface area contributed by atoms with E-state index in [9.17, 15) is 0 Å². The molecule has 10 aromatic rings. The van der Waals surface area contributed by atoms with Crippen LogP contribution in [0.3, 0.4) is 0 Å². The average Bonchev–Trinajstić information content (AvgIpc) is 3.87. The van der Waals surface area contributed by atoms with Gasteiger partial charge in [-0.1, -0.05) is 174 Å². The Labute approximate surface area is 358 Å². The maximum atomic E-state index is 2.40. The van der Waals surface area contributed by atoms with Gasteiger partial charge in [0.2, 0.25) is 0 Å². The minimum Gasteiger partial charge on any atom is -0.309 e. The molecular formula is C59H48N2. The first-order valence-electron chi connectivity index (χ1n) is 21.5. The van der Waals surface area contributed by atoms with Gasteiger partial charge in [-0.2, -0.15) is 0 Å². The van der Waals surface area contributed by atoms with Gasteiger partial charge >= 0.3 is 0 Å². The molecule has 1 aliphatic rings. The molecule has 0 N–H and O–H groups in total. The molecule has 0 radical (unpaired) electrons. The number of aromatic nitrogens is 2. The average molecular weight is 785 g/mol. The first-order chi connectivity index (χ1) is 29.6. The van der Waals surface area contributed by atoms with Gasteiger partial charge in [0.15, 0.2) is 0 Å². The van der Waals surface area contributed by atoms with Gasteiger partial charge in [0.05, 0.1) is 22.1 Å². The van der Waals surface area contributed by atoms with Crippen LogP contribution in [-0.4, -0.2) is 9.13 Å². The number of para-hydroxylation sites is 3. The van der Waals surface area contributed by atoms with Crippen molar-refractivity contribution in [2.45, 2.75) is 45.4 Å². The predicted octanol–water partition coefficient (Wildman–Crippen LogP) is 15.8. The standard InChI is InChI=1S/C59H48N2/c1-58(2,3)43-27-29-45(30-28-43)61-55-18-12-10-16-49(55)51-36-40(26-34-57(51)61)20-22-42-24-32-47-46-31-23-41(37-52(46)59(4,5)53(47)38-42)21-19-39-25-33-56-50(35-39)48-15-9-11-17-54(48)60(56)44-13-7-6-8-14-44/h6-38H,1-5H3/b21-19+,22-20+. The highest BCUT2D eigenvalue weighted by Gasteiger charge is 2.35. The molecule has 0 atom stereocenters. The van der Waals surface area contributed by atoms with Gasteiger partial charge in [0, 0.05) is 38.3 Å². The van der Waals surface area contributed by atoms with Gasteiger partial charge in [-0.15, -0.1) is 0 Å². The van der Waals surface area contributed by atoms with Gasteiger partial charge in [0.25, 0.3) is 0 Å². The summed E-state index contributed by atoms with van der Waals surface area (Å²) in [7, 11) is 0. The predicted molar refractivity (Wildman–Crippen MR) is 262 cm³/mol. The molecule has 1 aliphatic carbocycles. The van der Waals surface area contributed by atoms with Gasteiger partial charge in [0.1, 0.15) is 0 Å². The first kappa shape index (κ1) is 36.9. The van der Waals surface area contributed by atoms with Gasteiger partial charge < -0.3 is 9.13 Å². The monoisotopic (exact) mass is 784 g/mol. The Morgan fingerprint density at radius 2 is 0.770 bits per heavy atom. The molecule has 0 saturated heterocycles. The van der Waals surface area contributed by atoms with Crippen LogP contribution < -0.4 is 0 Å². The Morgan fingerprint density at radius 3 is 1.25 bits per heavy atom. The van der Waals surface area contributed by atoms with Gasteiger partial charge in [-0.25, -0.2) is 0 Å². The second-order valence-corrected chi connectivity index (χ2v) is 18.3. The highest BCUT2D eigenvalue weighted by molar-refractivity contribution is 6.11. The quantitative estimate of drug-likeness (QED) is 0.149. The smallest absolute Gasteiger partial charge is 0.0541 e. The van der Waals surface area contributed by atoms with Crippen LogP contribution in [-0.2, 0) is 10.8 Å². The van der Waals surface area contributed by atoms with E-state index in [2.05, 4.69) is 244 Å². The molecule has 0 saturated carbocycles. The minimum atomic E-state index is -0.123. The number of nitrogens with zero attached hydrogens (tertiary/aromatic N) is 2. The van der Waals surface area contributed by atoms with Crippen molar-refractivity contribution in [3.8, 4) is 22.5 Å². The van der Waals surface area contributed by atoms with E-state index >= 15 is 0 Å². The summed E-state index contributed by atoms with van der Waals surface area (Å²) >= 11 is 0. The molecule has 0 amide bonds. The molecule has 2 heterocycles. The van der Waals surface area contributed by atoms with Crippen molar-refractivity contribution in [3.05, 3.63) is 215 Å². The Hall–Kier alpha value is -7.16. The fourth-order valence-corrected chi connectivity index (χ4v) is 9.80. The second kappa shape index (κ2) is 14.0. The zero-order chi connectivity index (χ0) is 41.5. The molecule has 0 fully saturated rings. The Morgan fingerprint density at radius 1 is 0.377 bits per heavy atom. The summed E-state index contributed by atoms with van der Waals surface area (Å²) in [5.41, 5.74) is 18.8. The minimum absolute atomic E-state index is 0.117. The summed E-state index contributed by atoms with van der Waals surface area (Å²) in [5.74, 6) is 0. The van der Waals surface area contributed by atoms with E-state index in [0.29, 0.717) is 0 Å². The molecule has 0 spiro atoms. The molecule has 61 heavy (non-hydrogen) atoms. The third-order valence-corrected chi connectivity index (χ3v) is 13.1. The normalized spacial score (nSPS) is 13.7. The van der Waals surface area contributed by atoms with Crippen molar-refractivity contribution >= 4 is 67.9 Å². The van der Waals surface area contributed by atoms with E-state index in [0.717, 1.165) is 0 Å². The summed E-state index contributed by atoms with van der Waals surface area (Å²) in [5, 5.41) is 5.07. The van der Waals surface area contributed by atoms with Crippen molar-refractivity contribution in [3.63, 3.8) is 0 Å². The number of hydrogen-bond acceptors (Lipinski definition) is 0. The Kier molecular flexibility index (Phi) is 8.44. The third kappa shape index (κ3) is 6.17. The van der Waals surface area contributed by atoms with Crippen LogP contribution in [0.1, 0.15) is 73.6 Å². The van der Waals surface area contributed by atoms with E-state index in [4.69, 9.17) is 0 Å². The molecule has 2 nitrogen and oxygen atoms in total. The molecule has 294 valence electrons. The summed E-state index contributed by atoms with van der Waals surface area (Å²) in [6.07, 6.45) is 9.06. The molecule has 2 aromatic heterocycles. The summed E-state index contributed by atoms with van der Waals surface area (Å²) in [4.78, 5) is 0. The number of benzene rings is 8. The molecule has 11 rings (SSSR count). The van der Waals surface area contributed by atoms with Crippen LogP contribution in [0.4, 0.5) is 0 Å². The lowest BCUT2D eigenvalue weighted by Gasteiger charge is -2.22. The molecular weight excluding hydrogens is 737 g/mol. The van der Waals surface area contributed by atoms with Crippen LogP contribution in [0, 0.1) is 0 Å². The van der Waals surface area contributed by atoms with Gasteiger partial charge in [-0.05, 0) is 116 Å².